The van der Waals surface area contributed by atoms with E-state index >= 15 is 0 Å². The van der Waals surface area contributed by atoms with Crippen molar-refractivity contribution in [2.24, 2.45) is 11.8 Å². The van der Waals surface area contributed by atoms with Gasteiger partial charge in [-0.05, 0) is 12.1 Å². The lowest BCUT2D eigenvalue weighted by Gasteiger charge is -2.14. The van der Waals surface area contributed by atoms with Crippen LogP contribution in [0.15, 0.2) is 24.3 Å². The van der Waals surface area contributed by atoms with E-state index in [2.05, 4.69) is 0 Å². The Labute approximate surface area is 269 Å². The van der Waals surface area contributed by atoms with E-state index in [1.807, 2.05) is 0 Å². The van der Waals surface area contributed by atoms with Crippen LogP contribution in [0.2, 0.25) is 10.0 Å². The molecule has 14 heteroatoms. The minimum atomic E-state index is -1.06. The number of phenolic OH excluding ortho intramolecular Hbond substituents is 1. The second-order valence-electron chi connectivity index (χ2n) is 10.1. The summed E-state index contributed by atoms with van der Waals surface area (Å²) in [6.45, 7) is 3.18. The number of carbonyl (C=O) groups is 4. The molecule has 0 spiro atoms. The number of aromatic hydroxyl groups is 1. The molecule has 44 heavy (non-hydrogen) atoms. The molecular formula is C30H28Cl2O10S2. The SMILES string of the molecule is COc1cc2sc(C(=O)CC(C)C(=O)O)cc2c(Cl)c1OCCCOc1c(O)cc2sc(C(=O)CC(C)C(=O)O)cc2c1Cl. The second kappa shape index (κ2) is 14.0. The summed E-state index contributed by atoms with van der Waals surface area (Å²) in [5.41, 5.74) is 0. The van der Waals surface area contributed by atoms with Gasteiger partial charge in [-0.1, -0.05) is 37.0 Å². The van der Waals surface area contributed by atoms with Gasteiger partial charge in [-0.15, -0.1) is 22.7 Å². The third-order valence-corrected chi connectivity index (χ3v) is 9.75. The molecule has 0 aliphatic rings. The molecular weight excluding hydrogens is 655 g/mol. The van der Waals surface area contributed by atoms with E-state index in [1.54, 1.807) is 18.2 Å². The second-order valence-corrected chi connectivity index (χ2v) is 13.0. The van der Waals surface area contributed by atoms with Gasteiger partial charge in [0.15, 0.2) is 34.6 Å². The molecule has 0 amide bonds. The minimum absolute atomic E-state index is 0.0413. The first-order chi connectivity index (χ1) is 20.8. The van der Waals surface area contributed by atoms with Crippen LogP contribution in [0.25, 0.3) is 20.2 Å². The van der Waals surface area contributed by atoms with Crippen LogP contribution in [0, 0.1) is 11.8 Å². The zero-order chi connectivity index (χ0) is 32.3. The molecule has 2 aromatic heterocycles. The maximum Gasteiger partial charge on any atom is 0.306 e. The summed E-state index contributed by atoms with van der Waals surface area (Å²) in [5.74, 6) is -3.93. The Bertz CT molecular complexity index is 1760. The fourth-order valence-corrected chi connectivity index (χ4v) is 7.07. The number of carbonyl (C=O) groups excluding carboxylic acids is 2. The van der Waals surface area contributed by atoms with E-state index in [0.29, 0.717) is 42.1 Å². The van der Waals surface area contributed by atoms with Gasteiger partial charge in [0, 0.05) is 51.6 Å². The monoisotopic (exact) mass is 682 g/mol. The van der Waals surface area contributed by atoms with Gasteiger partial charge in [0.25, 0.3) is 0 Å². The van der Waals surface area contributed by atoms with Gasteiger partial charge in [-0.3, -0.25) is 19.2 Å². The number of Topliss-reactive ketones (excluding diaryl/α,β-unsaturated/α-hetero) is 2. The summed E-state index contributed by atoms with van der Waals surface area (Å²) in [5, 5.41) is 30.2. The summed E-state index contributed by atoms with van der Waals surface area (Å²) >= 11 is 15.4. The summed E-state index contributed by atoms with van der Waals surface area (Å²) in [4.78, 5) is 48.1. The Balaban J connectivity index is 1.42. The Hall–Kier alpha value is -3.58. The number of benzene rings is 2. The molecule has 0 saturated carbocycles. The summed E-state index contributed by atoms with van der Waals surface area (Å²) < 4.78 is 18.4. The molecule has 10 nitrogen and oxygen atoms in total. The molecule has 2 aromatic carbocycles. The lowest BCUT2D eigenvalue weighted by molar-refractivity contribution is -0.141. The predicted octanol–water partition coefficient (Wildman–Crippen LogP) is 7.57. The smallest absolute Gasteiger partial charge is 0.306 e. The van der Waals surface area contributed by atoms with Crippen molar-refractivity contribution in [3.63, 3.8) is 0 Å². The van der Waals surface area contributed by atoms with E-state index in [1.165, 1.54) is 38.4 Å². The Morgan fingerprint density at radius 3 is 1.70 bits per heavy atom. The number of hydrogen-bond acceptors (Lipinski definition) is 10. The van der Waals surface area contributed by atoms with Crippen molar-refractivity contribution >= 4 is 89.6 Å². The summed E-state index contributed by atoms with van der Waals surface area (Å²) in [7, 11) is 1.46. The van der Waals surface area contributed by atoms with Crippen molar-refractivity contribution in [1.82, 2.24) is 0 Å². The number of fused-ring (bicyclic) bond motifs is 2. The van der Waals surface area contributed by atoms with Crippen LogP contribution in [-0.4, -0.2) is 59.1 Å². The molecule has 2 heterocycles. The number of carboxylic acid groups (broad SMARTS) is 2. The van der Waals surface area contributed by atoms with Crippen LogP contribution in [0.1, 0.15) is 52.5 Å². The van der Waals surface area contributed by atoms with E-state index in [9.17, 15) is 24.3 Å². The van der Waals surface area contributed by atoms with Crippen molar-refractivity contribution in [1.29, 1.82) is 0 Å². The summed E-state index contributed by atoms with van der Waals surface area (Å²) in [6.07, 6.45) is 0.0609. The van der Waals surface area contributed by atoms with Crippen LogP contribution < -0.4 is 14.2 Å². The van der Waals surface area contributed by atoms with Gasteiger partial charge in [0.1, 0.15) is 0 Å². The highest BCUT2D eigenvalue weighted by molar-refractivity contribution is 7.21. The molecule has 0 bridgehead atoms. The van der Waals surface area contributed by atoms with Crippen LogP contribution in [0.4, 0.5) is 0 Å². The maximum atomic E-state index is 12.6. The molecule has 4 rings (SSSR count). The molecule has 4 aromatic rings. The first kappa shape index (κ1) is 33.3. The van der Waals surface area contributed by atoms with Crippen molar-refractivity contribution in [3.05, 3.63) is 44.1 Å². The van der Waals surface area contributed by atoms with Crippen LogP contribution in [0.5, 0.6) is 23.0 Å². The molecule has 234 valence electrons. The Morgan fingerprint density at radius 2 is 1.23 bits per heavy atom. The number of methoxy groups -OCH3 is 1. The number of ketones is 2. The standard InChI is InChI=1S/C30H28Cl2O10S2/c1-13(29(36)37)7-17(33)23-9-15-21(43-23)11-19(35)27(25(15)31)41-5-4-6-42-28-20(40-3)12-22-16(26(28)32)10-24(44-22)18(34)8-14(2)30(38)39/h9-14,35H,4-8H2,1-3H3,(H,36,37)(H,38,39). The molecule has 0 aliphatic carbocycles. The number of thiophene rings is 2. The van der Waals surface area contributed by atoms with E-state index in [4.69, 9.17) is 47.6 Å². The average Bonchev–Trinajstić information content (AvgIpc) is 3.60. The van der Waals surface area contributed by atoms with Crippen LogP contribution in [0.3, 0.4) is 0 Å². The minimum Gasteiger partial charge on any atom is -0.504 e. The zero-order valence-corrected chi connectivity index (χ0v) is 26.9. The van der Waals surface area contributed by atoms with Gasteiger partial charge < -0.3 is 29.5 Å². The first-order valence-electron chi connectivity index (χ1n) is 13.3. The fourth-order valence-electron chi connectivity index (χ4n) is 4.24. The lowest BCUT2D eigenvalue weighted by Crippen LogP contribution is -2.13. The maximum absolute atomic E-state index is 12.6. The topological polar surface area (TPSA) is 157 Å². The highest BCUT2D eigenvalue weighted by atomic mass is 35.5. The summed E-state index contributed by atoms with van der Waals surface area (Å²) in [6, 6.07) is 6.32. The van der Waals surface area contributed by atoms with Gasteiger partial charge >= 0.3 is 11.9 Å². The number of rotatable bonds is 15. The molecule has 2 atom stereocenters. The van der Waals surface area contributed by atoms with Crippen molar-refractivity contribution < 1.29 is 48.7 Å². The Kier molecular flexibility index (Phi) is 10.6. The van der Waals surface area contributed by atoms with Crippen molar-refractivity contribution in [2.45, 2.75) is 33.1 Å². The van der Waals surface area contributed by atoms with Gasteiger partial charge in [-0.2, -0.15) is 0 Å². The largest absolute Gasteiger partial charge is 0.504 e. The van der Waals surface area contributed by atoms with Crippen LogP contribution in [-0.2, 0) is 9.59 Å². The number of aliphatic carboxylic acids is 2. The molecule has 0 saturated heterocycles. The molecule has 0 aliphatic heterocycles. The number of carboxylic acids is 2. The molecule has 3 N–H and O–H groups in total. The lowest BCUT2D eigenvalue weighted by atomic mass is 10.0. The molecule has 0 radical (unpaired) electrons. The molecule has 2 unspecified atom stereocenters. The number of hydrogen-bond donors (Lipinski definition) is 3. The van der Waals surface area contributed by atoms with Crippen LogP contribution >= 0.6 is 45.9 Å². The van der Waals surface area contributed by atoms with Crippen molar-refractivity contribution in [3.8, 4) is 23.0 Å². The average molecular weight is 684 g/mol. The quantitative estimate of drug-likeness (QED) is 0.0843. The van der Waals surface area contributed by atoms with Crippen molar-refractivity contribution in [2.75, 3.05) is 20.3 Å². The first-order valence-corrected chi connectivity index (χ1v) is 15.7. The Morgan fingerprint density at radius 1 is 0.773 bits per heavy atom. The predicted molar refractivity (Wildman–Crippen MR) is 169 cm³/mol. The van der Waals surface area contributed by atoms with E-state index in [0.717, 1.165) is 11.3 Å². The molecule has 0 fully saturated rings. The number of ether oxygens (including phenoxy) is 3. The van der Waals surface area contributed by atoms with Gasteiger partial charge in [-0.25, -0.2) is 0 Å². The number of halogens is 2. The van der Waals surface area contributed by atoms with E-state index in [-0.39, 0.29) is 64.9 Å². The van der Waals surface area contributed by atoms with Gasteiger partial charge in [0.05, 0.1) is 52.0 Å². The fraction of sp³-hybridized carbons (Fsp3) is 0.333. The third-order valence-electron chi connectivity index (χ3n) is 6.76. The third kappa shape index (κ3) is 7.20. The zero-order valence-electron chi connectivity index (χ0n) is 23.8. The van der Waals surface area contributed by atoms with E-state index < -0.39 is 23.8 Å². The van der Waals surface area contributed by atoms with Gasteiger partial charge in [0.2, 0.25) is 0 Å². The highest BCUT2D eigenvalue weighted by Crippen LogP contribution is 2.45. The number of phenols is 1. The normalized spacial score (nSPS) is 12.7. The highest BCUT2D eigenvalue weighted by Gasteiger charge is 2.23.